The Kier molecular flexibility index (Phi) is 7.74. The standard InChI is InChI=1S/C17H23N5O5S3/c1-8-20-21-17(30-8)29-7-9-6-28-14-11(13(23)22(14)12(9)16(26)27)19-5-3-2-4-10(18)15(24)25/h10-11,14,19H,2-7,18H2,1H3,(H,24,25)(H,26,27)/t10?,11-,14+/m1/s1. The number of amides is 1. The van der Waals surface area contributed by atoms with Crippen molar-refractivity contribution in [2.75, 3.05) is 18.1 Å². The first-order chi connectivity index (χ1) is 14.3. The number of carbonyl (C=O) groups excluding carboxylic acids is 1. The number of nitrogens with zero attached hydrogens (tertiary/aromatic N) is 3. The number of fused-ring (bicyclic) bond motifs is 1. The van der Waals surface area contributed by atoms with Crippen LogP contribution < -0.4 is 11.1 Å². The molecular formula is C17H23N5O5S3. The minimum absolute atomic E-state index is 0.0722. The van der Waals surface area contributed by atoms with Gasteiger partial charge in [-0.15, -0.1) is 22.0 Å². The third-order valence-electron chi connectivity index (χ3n) is 4.75. The normalized spacial score (nSPS) is 21.9. The highest BCUT2D eigenvalue weighted by atomic mass is 32.2. The van der Waals surface area contributed by atoms with Crippen LogP contribution in [0.15, 0.2) is 15.6 Å². The smallest absolute Gasteiger partial charge is 0.352 e. The number of aromatic nitrogens is 2. The molecular weight excluding hydrogens is 450 g/mol. The number of aryl methyl sites for hydroxylation is 1. The average molecular weight is 474 g/mol. The van der Waals surface area contributed by atoms with Crippen LogP contribution in [0, 0.1) is 6.92 Å². The lowest BCUT2D eigenvalue weighted by molar-refractivity contribution is -0.149. The lowest BCUT2D eigenvalue weighted by atomic mass is 10.0. The Bertz CT molecular complexity index is 861. The number of β-lactam (4-membered cyclic amide) rings is 1. The number of carboxylic acids is 2. The molecule has 2 aliphatic heterocycles. The summed E-state index contributed by atoms with van der Waals surface area (Å²) in [6.45, 7) is 2.40. The van der Waals surface area contributed by atoms with Gasteiger partial charge in [0.1, 0.15) is 28.2 Å². The van der Waals surface area contributed by atoms with E-state index in [1.807, 2.05) is 6.92 Å². The maximum Gasteiger partial charge on any atom is 0.352 e. The number of thioether (sulfide) groups is 2. The van der Waals surface area contributed by atoms with E-state index in [0.29, 0.717) is 42.9 Å². The van der Waals surface area contributed by atoms with Crippen LogP contribution in [-0.4, -0.2) is 78.7 Å². The maximum absolute atomic E-state index is 12.6. The van der Waals surface area contributed by atoms with Crippen molar-refractivity contribution in [1.82, 2.24) is 20.4 Å². The largest absolute Gasteiger partial charge is 0.480 e. The maximum atomic E-state index is 12.6. The van der Waals surface area contributed by atoms with Gasteiger partial charge in [-0.25, -0.2) is 4.79 Å². The Morgan fingerprint density at radius 2 is 2.13 bits per heavy atom. The van der Waals surface area contributed by atoms with Crippen molar-refractivity contribution >= 4 is 52.7 Å². The van der Waals surface area contributed by atoms with Gasteiger partial charge >= 0.3 is 11.9 Å². The van der Waals surface area contributed by atoms with Crippen molar-refractivity contribution in [3.05, 3.63) is 16.3 Å². The highest BCUT2D eigenvalue weighted by Crippen LogP contribution is 2.41. The number of hydrogen-bond donors (Lipinski definition) is 4. The highest BCUT2D eigenvalue weighted by molar-refractivity contribution is 8.01. The van der Waals surface area contributed by atoms with E-state index in [1.54, 1.807) is 11.8 Å². The molecule has 1 unspecified atom stereocenters. The van der Waals surface area contributed by atoms with Crippen molar-refractivity contribution in [1.29, 1.82) is 0 Å². The minimum atomic E-state index is -1.10. The Balaban J connectivity index is 1.54. The Morgan fingerprint density at radius 1 is 1.37 bits per heavy atom. The molecule has 1 aromatic heterocycles. The second-order valence-corrected chi connectivity index (χ2v) is 10.4. The number of nitrogens with one attached hydrogen (secondary N) is 1. The Morgan fingerprint density at radius 3 is 2.77 bits per heavy atom. The summed E-state index contributed by atoms with van der Waals surface area (Å²) in [4.78, 5) is 36.6. The average Bonchev–Trinajstić information content (AvgIpc) is 3.12. The van der Waals surface area contributed by atoms with Gasteiger partial charge < -0.3 is 21.3 Å². The molecule has 1 aromatic rings. The van der Waals surface area contributed by atoms with Crippen LogP contribution in [0.25, 0.3) is 0 Å². The molecule has 0 aliphatic carbocycles. The zero-order valence-electron chi connectivity index (χ0n) is 16.2. The van der Waals surface area contributed by atoms with Crippen LogP contribution in [0.3, 0.4) is 0 Å². The molecule has 0 aromatic carbocycles. The van der Waals surface area contributed by atoms with Crippen LogP contribution in [0.1, 0.15) is 24.3 Å². The topological polar surface area (TPSA) is 159 Å². The van der Waals surface area contributed by atoms with E-state index in [4.69, 9.17) is 10.8 Å². The number of aliphatic carboxylic acids is 2. The highest BCUT2D eigenvalue weighted by Gasteiger charge is 2.53. The SMILES string of the molecule is Cc1nnc(SCC2=C(C(=O)O)N3C(=O)[C@@H](NCCCCC(N)C(=O)O)[C@@H]3SC2)s1. The van der Waals surface area contributed by atoms with Crippen LogP contribution in [-0.2, 0) is 14.4 Å². The van der Waals surface area contributed by atoms with E-state index < -0.39 is 24.0 Å². The van der Waals surface area contributed by atoms with Gasteiger partial charge in [-0.2, -0.15) is 0 Å². The van der Waals surface area contributed by atoms with Crippen LogP contribution >= 0.6 is 34.9 Å². The van der Waals surface area contributed by atoms with Gasteiger partial charge in [-0.1, -0.05) is 29.5 Å². The lowest BCUT2D eigenvalue weighted by Crippen LogP contribution is -2.70. The fourth-order valence-corrected chi connectivity index (χ4v) is 6.53. The van der Waals surface area contributed by atoms with Gasteiger partial charge in [0.05, 0.1) is 0 Å². The second-order valence-electron chi connectivity index (χ2n) is 6.92. The molecule has 2 aliphatic rings. The molecule has 30 heavy (non-hydrogen) atoms. The molecule has 10 nitrogen and oxygen atoms in total. The van der Waals surface area contributed by atoms with Crippen molar-refractivity contribution in [3.63, 3.8) is 0 Å². The van der Waals surface area contributed by atoms with Crippen LogP contribution in [0.2, 0.25) is 0 Å². The molecule has 3 atom stereocenters. The molecule has 1 saturated heterocycles. The van der Waals surface area contributed by atoms with Crippen LogP contribution in [0.4, 0.5) is 0 Å². The molecule has 3 rings (SSSR count). The zero-order valence-corrected chi connectivity index (χ0v) is 18.7. The molecule has 0 radical (unpaired) electrons. The predicted molar refractivity (Wildman–Crippen MR) is 114 cm³/mol. The Hall–Kier alpha value is -1.67. The first-order valence-corrected chi connectivity index (χ1v) is 12.2. The van der Waals surface area contributed by atoms with Crippen molar-refractivity contribution in [3.8, 4) is 0 Å². The quantitative estimate of drug-likeness (QED) is 0.204. The summed E-state index contributed by atoms with van der Waals surface area (Å²) < 4.78 is 0.772. The monoisotopic (exact) mass is 473 g/mol. The molecule has 0 saturated carbocycles. The van der Waals surface area contributed by atoms with Crippen molar-refractivity contribution < 1.29 is 24.6 Å². The summed E-state index contributed by atoms with van der Waals surface area (Å²) in [5, 5.41) is 30.2. The van der Waals surface area contributed by atoms with Gasteiger partial charge in [0.15, 0.2) is 4.34 Å². The molecule has 164 valence electrons. The van der Waals surface area contributed by atoms with E-state index in [1.165, 1.54) is 28.0 Å². The molecule has 13 heteroatoms. The van der Waals surface area contributed by atoms with E-state index in [0.717, 1.165) is 9.35 Å². The van der Waals surface area contributed by atoms with E-state index in [-0.39, 0.29) is 17.0 Å². The summed E-state index contributed by atoms with van der Waals surface area (Å²) in [5.41, 5.74) is 6.25. The summed E-state index contributed by atoms with van der Waals surface area (Å²) >= 11 is 4.42. The van der Waals surface area contributed by atoms with Crippen molar-refractivity contribution in [2.24, 2.45) is 5.73 Å². The van der Waals surface area contributed by atoms with Gasteiger partial charge in [-0.05, 0) is 31.9 Å². The van der Waals surface area contributed by atoms with Gasteiger partial charge in [-0.3, -0.25) is 14.5 Å². The van der Waals surface area contributed by atoms with E-state index in [9.17, 15) is 19.5 Å². The third kappa shape index (κ3) is 5.14. The van der Waals surface area contributed by atoms with Crippen molar-refractivity contribution in [2.45, 2.75) is 48.0 Å². The second kappa shape index (κ2) is 10.1. The summed E-state index contributed by atoms with van der Waals surface area (Å²) in [5.74, 6) is -1.39. The fourth-order valence-electron chi connectivity index (χ4n) is 3.21. The number of nitrogens with two attached hydrogens (primary N) is 1. The minimum Gasteiger partial charge on any atom is -0.480 e. The number of hydrogen-bond acceptors (Lipinski definition) is 10. The van der Waals surface area contributed by atoms with E-state index in [2.05, 4.69) is 15.5 Å². The summed E-state index contributed by atoms with van der Waals surface area (Å²) in [6.07, 6.45) is 1.70. The molecule has 0 bridgehead atoms. The summed E-state index contributed by atoms with van der Waals surface area (Å²) in [7, 11) is 0. The fraction of sp³-hybridized carbons (Fsp3) is 0.588. The number of unbranched alkanes of at least 4 members (excludes halogenated alkanes) is 1. The third-order valence-corrected chi connectivity index (χ3v) is 8.15. The molecule has 3 heterocycles. The number of rotatable bonds is 11. The molecule has 5 N–H and O–H groups in total. The first kappa shape index (κ1) is 23.0. The Labute approximate surface area is 185 Å². The number of carbonyl (C=O) groups is 3. The molecule has 1 amide bonds. The lowest BCUT2D eigenvalue weighted by Gasteiger charge is -2.49. The van der Waals surface area contributed by atoms with E-state index >= 15 is 0 Å². The van der Waals surface area contributed by atoms with Crippen LogP contribution in [0.5, 0.6) is 0 Å². The zero-order chi connectivity index (χ0) is 21.8. The van der Waals surface area contributed by atoms with Gasteiger partial charge in [0.25, 0.3) is 0 Å². The molecule has 1 fully saturated rings. The summed E-state index contributed by atoms with van der Waals surface area (Å²) in [6, 6.07) is -1.30. The first-order valence-electron chi connectivity index (χ1n) is 9.34. The van der Waals surface area contributed by atoms with Gasteiger partial charge in [0.2, 0.25) is 5.91 Å². The molecule has 0 spiro atoms. The van der Waals surface area contributed by atoms with Gasteiger partial charge in [0, 0.05) is 11.5 Å². The number of carboxylic acid groups (broad SMARTS) is 2. The predicted octanol–water partition coefficient (Wildman–Crippen LogP) is 0.733.